The lowest BCUT2D eigenvalue weighted by atomic mass is 9.91. The van der Waals surface area contributed by atoms with Crippen molar-refractivity contribution in [1.29, 1.82) is 0 Å². The molecule has 1 atom stereocenters. The molecule has 0 saturated heterocycles. The summed E-state index contributed by atoms with van der Waals surface area (Å²) < 4.78 is 32.6. The Balaban J connectivity index is 2.89. The van der Waals surface area contributed by atoms with Crippen LogP contribution in [0.4, 0.5) is 4.39 Å². The molecule has 0 aromatic heterocycles. The molecule has 0 heterocycles. The summed E-state index contributed by atoms with van der Waals surface area (Å²) in [5, 5.41) is 0. The summed E-state index contributed by atoms with van der Waals surface area (Å²) in [6.45, 7) is 14.6. The summed E-state index contributed by atoms with van der Waals surface area (Å²) in [6.07, 6.45) is 12.7. The van der Waals surface area contributed by atoms with Crippen molar-refractivity contribution in [1.82, 2.24) is 0 Å². The van der Waals surface area contributed by atoms with E-state index in [0.29, 0.717) is 0 Å². The van der Waals surface area contributed by atoms with E-state index in [2.05, 4.69) is 48.5 Å². The van der Waals surface area contributed by atoms with Gasteiger partial charge in [0.1, 0.15) is 5.82 Å². The van der Waals surface area contributed by atoms with Gasteiger partial charge in [0.25, 0.3) is 5.97 Å². The molecule has 0 saturated carbocycles. The predicted molar refractivity (Wildman–Crippen MR) is 137 cm³/mol. The van der Waals surface area contributed by atoms with E-state index in [-0.39, 0.29) is 30.0 Å². The van der Waals surface area contributed by atoms with E-state index >= 15 is 0 Å². The quantitative estimate of drug-likeness (QED) is 0.150. The molecule has 192 valence electrons. The lowest BCUT2D eigenvalue weighted by Gasteiger charge is -2.43. The minimum atomic E-state index is -1.02. The molecule has 0 aliphatic carbocycles. The van der Waals surface area contributed by atoms with Gasteiger partial charge in [-0.1, -0.05) is 64.0 Å². The highest BCUT2D eigenvalue weighted by atomic mass is 19.1. The Kier molecular flexibility index (Phi) is 15.1. The molecular weight excluding hydrogens is 415 g/mol. The van der Waals surface area contributed by atoms with E-state index in [1.807, 2.05) is 12.1 Å². The van der Waals surface area contributed by atoms with Crippen molar-refractivity contribution >= 4 is 0 Å². The van der Waals surface area contributed by atoms with Crippen molar-refractivity contribution in [3.05, 3.63) is 35.6 Å². The summed E-state index contributed by atoms with van der Waals surface area (Å²) in [7, 11) is 0. The van der Waals surface area contributed by atoms with Crippen molar-refractivity contribution in [3.63, 3.8) is 0 Å². The average Bonchev–Trinajstić information content (AvgIpc) is 2.71. The van der Waals surface area contributed by atoms with Crippen LogP contribution in [0.2, 0.25) is 0 Å². The second-order valence-electron chi connectivity index (χ2n) is 10.2. The maximum atomic E-state index is 13.2. The van der Waals surface area contributed by atoms with Crippen molar-refractivity contribution in [2.24, 2.45) is 5.92 Å². The van der Waals surface area contributed by atoms with Crippen LogP contribution in [0.5, 0.6) is 0 Å². The topological polar surface area (TPSA) is 27.7 Å². The lowest BCUT2D eigenvalue weighted by Crippen LogP contribution is -2.50. The van der Waals surface area contributed by atoms with E-state index in [9.17, 15) is 4.39 Å². The first-order valence-electron chi connectivity index (χ1n) is 13.5. The second-order valence-corrected chi connectivity index (χ2v) is 10.2. The van der Waals surface area contributed by atoms with Gasteiger partial charge in [-0.05, 0) is 84.9 Å². The number of benzene rings is 1. The van der Waals surface area contributed by atoms with Gasteiger partial charge >= 0.3 is 0 Å². The van der Waals surface area contributed by atoms with Gasteiger partial charge in [0.2, 0.25) is 0 Å². The van der Waals surface area contributed by atoms with E-state index in [4.69, 9.17) is 14.2 Å². The molecule has 1 rings (SSSR count). The second kappa shape index (κ2) is 16.6. The Labute approximate surface area is 203 Å². The smallest absolute Gasteiger partial charge is 0.286 e. The van der Waals surface area contributed by atoms with Gasteiger partial charge < -0.3 is 14.2 Å². The Morgan fingerprint density at radius 1 is 0.667 bits per heavy atom. The minimum absolute atomic E-state index is 0.00812. The molecule has 33 heavy (non-hydrogen) atoms. The highest BCUT2D eigenvalue weighted by molar-refractivity contribution is 5.15. The Hall–Kier alpha value is -0.970. The highest BCUT2D eigenvalue weighted by Crippen LogP contribution is 2.37. The fraction of sp³-hybridized carbons (Fsp3) is 0.793. The van der Waals surface area contributed by atoms with Gasteiger partial charge in [0.15, 0.2) is 0 Å². The van der Waals surface area contributed by atoms with Crippen LogP contribution < -0.4 is 0 Å². The average molecular weight is 467 g/mol. The molecule has 4 heteroatoms. The van der Waals surface area contributed by atoms with Gasteiger partial charge in [-0.15, -0.1) is 0 Å². The molecule has 0 amide bonds. The molecule has 0 spiro atoms. The van der Waals surface area contributed by atoms with Crippen molar-refractivity contribution in [2.75, 3.05) is 0 Å². The van der Waals surface area contributed by atoms with Crippen LogP contribution in [0.15, 0.2) is 24.3 Å². The van der Waals surface area contributed by atoms with Crippen LogP contribution in [0.3, 0.4) is 0 Å². The normalized spacial score (nSPS) is 13.4. The first kappa shape index (κ1) is 30.1. The summed E-state index contributed by atoms with van der Waals surface area (Å²) in [4.78, 5) is 0. The van der Waals surface area contributed by atoms with Gasteiger partial charge in [-0.2, -0.15) is 0 Å². The Morgan fingerprint density at radius 2 is 1.12 bits per heavy atom. The summed E-state index contributed by atoms with van der Waals surface area (Å²) >= 11 is 0. The van der Waals surface area contributed by atoms with E-state index in [0.717, 1.165) is 32.1 Å². The summed E-state index contributed by atoms with van der Waals surface area (Å²) in [5.74, 6) is -1.02. The van der Waals surface area contributed by atoms with Gasteiger partial charge in [0.05, 0.1) is 18.3 Å². The molecule has 0 radical (unpaired) electrons. The molecule has 0 aliphatic heterocycles. The Morgan fingerprint density at radius 3 is 1.61 bits per heavy atom. The lowest BCUT2D eigenvalue weighted by molar-refractivity contribution is -0.433. The summed E-state index contributed by atoms with van der Waals surface area (Å²) in [6, 6.07) is 6.87. The van der Waals surface area contributed by atoms with Crippen LogP contribution in [0.1, 0.15) is 118 Å². The number of unbranched alkanes of at least 4 members (excludes halogenated alkanes) is 6. The van der Waals surface area contributed by atoms with E-state index < -0.39 is 5.97 Å². The molecule has 1 unspecified atom stereocenters. The van der Waals surface area contributed by atoms with Crippen LogP contribution in [0.25, 0.3) is 0 Å². The largest absolute Gasteiger partial charge is 0.324 e. The fourth-order valence-corrected chi connectivity index (χ4v) is 4.40. The van der Waals surface area contributed by atoms with Gasteiger partial charge in [-0.25, -0.2) is 4.39 Å². The number of halogens is 1. The zero-order valence-electron chi connectivity index (χ0n) is 22.5. The van der Waals surface area contributed by atoms with Crippen LogP contribution >= 0.6 is 0 Å². The summed E-state index contributed by atoms with van der Waals surface area (Å²) in [5.41, 5.74) is 1.19. The Bertz CT molecular complexity index is 571. The first-order chi connectivity index (χ1) is 15.7. The number of aryl methyl sites for hydroxylation is 1. The third-order valence-corrected chi connectivity index (χ3v) is 5.79. The first-order valence-corrected chi connectivity index (χ1v) is 13.5. The minimum Gasteiger partial charge on any atom is -0.324 e. The molecule has 0 fully saturated rings. The SMILES string of the molecule is CCCCCCCCC(CCCCc1ccc(F)cc1)C(OC(C)C)(OC(C)C)OC(C)C. The zero-order chi connectivity index (χ0) is 24.7. The highest BCUT2D eigenvalue weighted by Gasteiger charge is 2.44. The van der Waals surface area contributed by atoms with E-state index in [1.165, 1.54) is 44.1 Å². The third kappa shape index (κ3) is 12.9. The number of hydrogen-bond donors (Lipinski definition) is 0. The van der Waals surface area contributed by atoms with Crippen molar-refractivity contribution < 1.29 is 18.6 Å². The molecule has 3 nitrogen and oxygen atoms in total. The monoisotopic (exact) mass is 466 g/mol. The predicted octanol–water partition coefficient (Wildman–Crippen LogP) is 8.83. The molecular formula is C29H51FO3. The van der Waals surface area contributed by atoms with E-state index in [1.54, 1.807) is 12.1 Å². The van der Waals surface area contributed by atoms with Crippen LogP contribution in [-0.4, -0.2) is 24.3 Å². The maximum absolute atomic E-state index is 13.2. The number of ether oxygens (including phenoxy) is 3. The van der Waals surface area contributed by atoms with Crippen LogP contribution in [0, 0.1) is 11.7 Å². The molecule has 1 aromatic rings. The van der Waals surface area contributed by atoms with Gasteiger partial charge in [0, 0.05) is 5.92 Å². The van der Waals surface area contributed by atoms with Gasteiger partial charge in [-0.3, -0.25) is 0 Å². The number of hydrogen-bond acceptors (Lipinski definition) is 3. The molecule has 0 N–H and O–H groups in total. The van der Waals surface area contributed by atoms with Crippen LogP contribution in [-0.2, 0) is 20.6 Å². The molecule has 1 aromatic carbocycles. The third-order valence-electron chi connectivity index (χ3n) is 5.79. The van der Waals surface area contributed by atoms with Crippen molar-refractivity contribution in [2.45, 2.75) is 143 Å². The number of rotatable bonds is 19. The molecule has 0 bridgehead atoms. The van der Waals surface area contributed by atoms with Crippen molar-refractivity contribution in [3.8, 4) is 0 Å². The standard InChI is InChI=1S/C29H51FO3/c1-8-9-10-11-12-13-17-27(18-15-14-16-26-19-21-28(30)22-20-26)29(31-23(2)3,32-24(4)5)33-25(6)7/h19-25,27H,8-18H2,1-7H3. The molecule has 0 aliphatic rings. The zero-order valence-corrected chi connectivity index (χ0v) is 22.5. The fourth-order valence-electron chi connectivity index (χ4n) is 4.40. The maximum Gasteiger partial charge on any atom is 0.286 e.